The van der Waals surface area contributed by atoms with Crippen molar-refractivity contribution in [2.45, 2.75) is 45.6 Å². The molecule has 1 saturated heterocycles. The highest BCUT2D eigenvalue weighted by atomic mass is 35.5. The Morgan fingerprint density at radius 1 is 1.19 bits per heavy atom. The van der Waals surface area contributed by atoms with Crippen LogP contribution in [-0.4, -0.2) is 50.7 Å². The van der Waals surface area contributed by atoms with Crippen molar-refractivity contribution in [1.29, 1.82) is 0 Å². The number of hydrogen-bond donors (Lipinski definition) is 1. The van der Waals surface area contributed by atoms with Crippen LogP contribution in [0.5, 0.6) is 0 Å². The van der Waals surface area contributed by atoms with Gasteiger partial charge in [0.15, 0.2) is 0 Å². The Bertz CT molecular complexity index is 763. The summed E-state index contributed by atoms with van der Waals surface area (Å²) >= 11 is 5.93. The van der Waals surface area contributed by atoms with Gasteiger partial charge in [-0.1, -0.05) is 18.0 Å². The van der Waals surface area contributed by atoms with Gasteiger partial charge in [-0.15, -0.1) is 5.10 Å². The number of benzene rings is 1. The number of likely N-dealkylation sites (tertiary alicyclic amines) is 1. The Balaban J connectivity index is 1.66. The molecule has 0 radical (unpaired) electrons. The van der Waals surface area contributed by atoms with Crippen LogP contribution in [0.4, 0.5) is 0 Å². The molecule has 1 aromatic heterocycles. The summed E-state index contributed by atoms with van der Waals surface area (Å²) in [6.07, 6.45) is 3.75. The fourth-order valence-corrected chi connectivity index (χ4v) is 3.43. The molecule has 140 valence electrons. The molecule has 3 rings (SSSR count). The second-order valence-electron chi connectivity index (χ2n) is 7.41. The van der Waals surface area contributed by atoms with E-state index in [9.17, 15) is 4.79 Å². The SMILES string of the molecule is Cc1nc(C(=O)NCC(C)(C)N2CCCCC2)nn1-c1ccc(Cl)cc1. The van der Waals surface area contributed by atoms with Gasteiger partial charge in [-0.25, -0.2) is 9.67 Å². The quantitative estimate of drug-likeness (QED) is 0.871. The number of nitrogens with zero attached hydrogens (tertiary/aromatic N) is 4. The lowest BCUT2D eigenvalue weighted by Crippen LogP contribution is -2.53. The summed E-state index contributed by atoms with van der Waals surface area (Å²) in [5.74, 6) is 0.602. The molecule has 0 aliphatic carbocycles. The smallest absolute Gasteiger partial charge is 0.291 e. The zero-order valence-corrected chi connectivity index (χ0v) is 16.4. The first-order valence-electron chi connectivity index (χ1n) is 9.10. The summed E-state index contributed by atoms with van der Waals surface area (Å²) in [7, 11) is 0. The van der Waals surface area contributed by atoms with E-state index in [0.29, 0.717) is 17.4 Å². The van der Waals surface area contributed by atoms with E-state index in [-0.39, 0.29) is 17.3 Å². The maximum Gasteiger partial charge on any atom is 0.291 e. The Labute approximate surface area is 159 Å². The summed E-state index contributed by atoms with van der Waals surface area (Å²) in [5.41, 5.74) is 0.747. The molecule has 7 heteroatoms. The molecule has 0 unspecified atom stereocenters. The van der Waals surface area contributed by atoms with E-state index in [0.717, 1.165) is 18.8 Å². The van der Waals surface area contributed by atoms with Crippen LogP contribution in [0, 0.1) is 6.92 Å². The van der Waals surface area contributed by atoms with Crippen molar-refractivity contribution in [1.82, 2.24) is 25.0 Å². The molecule has 0 atom stereocenters. The Morgan fingerprint density at radius 2 is 1.85 bits per heavy atom. The molecule has 1 N–H and O–H groups in total. The Morgan fingerprint density at radius 3 is 2.50 bits per heavy atom. The third kappa shape index (κ3) is 4.24. The molecule has 0 spiro atoms. The van der Waals surface area contributed by atoms with Gasteiger partial charge < -0.3 is 5.32 Å². The molecule has 2 aromatic rings. The number of hydrogen-bond acceptors (Lipinski definition) is 4. The number of amides is 1. The van der Waals surface area contributed by atoms with Crippen molar-refractivity contribution < 1.29 is 4.79 Å². The zero-order chi connectivity index (χ0) is 18.7. The average molecular weight is 376 g/mol. The summed E-state index contributed by atoms with van der Waals surface area (Å²) in [4.78, 5) is 19.3. The molecule has 0 saturated carbocycles. The van der Waals surface area contributed by atoms with Crippen LogP contribution < -0.4 is 5.32 Å². The second-order valence-corrected chi connectivity index (χ2v) is 7.85. The molecule has 26 heavy (non-hydrogen) atoms. The maximum absolute atomic E-state index is 12.5. The van der Waals surface area contributed by atoms with Gasteiger partial charge >= 0.3 is 0 Å². The van der Waals surface area contributed by atoms with Gasteiger partial charge in [-0.3, -0.25) is 9.69 Å². The first-order chi connectivity index (χ1) is 12.4. The topological polar surface area (TPSA) is 63.1 Å². The molecule has 1 fully saturated rings. The number of aryl methyl sites for hydroxylation is 1. The van der Waals surface area contributed by atoms with Gasteiger partial charge in [0, 0.05) is 17.1 Å². The van der Waals surface area contributed by atoms with E-state index in [4.69, 9.17) is 11.6 Å². The summed E-state index contributed by atoms with van der Waals surface area (Å²) in [6.45, 7) is 8.92. The minimum absolute atomic E-state index is 0.0795. The highest BCUT2D eigenvalue weighted by Gasteiger charge is 2.29. The number of rotatable bonds is 5. The van der Waals surface area contributed by atoms with E-state index in [1.165, 1.54) is 19.3 Å². The third-order valence-electron chi connectivity index (χ3n) is 4.94. The van der Waals surface area contributed by atoms with Gasteiger partial charge in [-0.05, 0) is 71.0 Å². The zero-order valence-electron chi connectivity index (χ0n) is 15.6. The molecule has 1 aromatic carbocycles. The van der Waals surface area contributed by atoms with E-state index in [1.54, 1.807) is 16.8 Å². The number of aromatic nitrogens is 3. The molecule has 1 amide bonds. The molecule has 2 heterocycles. The van der Waals surface area contributed by atoms with Gasteiger partial charge in [0.05, 0.1) is 5.69 Å². The van der Waals surface area contributed by atoms with Crippen LogP contribution in [0.3, 0.4) is 0 Å². The number of piperidine rings is 1. The molecule has 0 bridgehead atoms. The van der Waals surface area contributed by atoms with Crippen LogP contribution in [-0.2, 0) is 0 Å². The van der Waals surface area contributed by atoms with Gasteiger partial charge in [0.25, 0.3) is 5.91 Å². The molecular formula is C19H26ClN5O. The fraction of sp³-hybridized carbons (Fsp3) is 0.526. The van der Waals surface area contributed by atoms with E-state index in [2.05, 4.69) is 34.1 Å². The molecule has 6 nitrogen and oxygen atoms in total. The van der Waals surface area contributed by atoms with E-state index >= 15 is 0 Å². The van der Waals surface area contributed by atoms with Crippen molar-refractivity contribution in [2.24, 2.45) is 0 Å². The van der Waals surface area contributed by atoms with Crippen molar-refractivity contribution in [3.8, 4) is 5.69 Å². The van der Waals surface area contributed by atoms with Crippen molar-refractivity contribution in [2.75, 3.05) is 19.6 Å². The lowest BCUT2D eigenvalue weighted by atomic mass is 9.98. The number of halogens is 1. The predicted molar refractivity (Wildman–Crippen MR) is 103 cm³/mol. The van der Waals surface area contributed by atoms with Crippen LogP contribution in [0.15, 0.2) is 24.3 Å². The van der Waals surface area contributed by atoms with Gasteiger partial charge in [0.1, 0.15) is 5.82 Å². The van der Waals surface area contributed by atoms with E-state index in [1.807, 2.05) is 19.1 Å². The minimum Gasteiger partial charge on any atom is -0.347 e. The average Bonchev–Trinajstić information content (AvgIpc) is 3.03. The van der Waals surface area contributed by atoms with Gasteiger partial charge in [-0.2, -0.15) is 0 Å². The van der Waals surface area contributed by atoms with Crippen molar-refractivity contribution in [3.63, 3.8) is 0 Å². The van der Waals surface area contributed by atoms with E-state index < -0.39 is 0 Å². The first-order valence-corrected chi connectivity index (χ1v) is 9.47. The normalized spacial score (nSPS) is 15.8. The van der Waals surface area contributed by atoms with Crippen molar-refractivity contribution in [3.05, 3.63) is 40.9 Å². The van der Waals surface area contributed by atoms with Crippen LogP contribution in [0.1, 0.15) is 49.6 Å². The summed E-state index contributed by atoms with van der Waals surface area (Å²) < 4.78 is 1.65. The predicted octanol–water partition coefficient (Wildman–Crippen LogP) is 3.22. The minimum atomic E-state index is -0.245. The highest BCUT2D eigenvalue weighted by Crippen LogP contribution is 2.20. The number of carbonyl (C=O) groups excluding carboxylic acids is 1. The maximum atomic E-state index is 12.5. The molecular weight excluding hydrogens is 350 g/mol. The largest absolute Gasteiger partial charge is 0.347 e. The number of nitrogens with one attached hydrogen (secondary N) is 1. The lowest BCUT2D eigenvalue weighted by molar-refractivity contribution is 0.0791. The van der Waals surface area contributed by atoms with Crippen LogP contribution in [0.25, 0.3) is 5.69 Å². The lowest BCUT2D eigenvalue weighted by Gasteiger charge is -2.41. The standard InChI is InChI=1S/C19H26ClN5O/c1-14-22-17(23-25(14)16-9-7-15(20)8-10-16)18(26)21-13-19(2,3)24-11-5-4-6-12-24/h7-10H,4-6,11-13H2,1-3H3,(H,21,26). The molecule has 1 aliphatic heterocycles. The van der Waals surface area contributed by atoms with Gasteiger partial charge in [0.2, 0.25) is 5.82 Å². The Hall–Kier alpha value is -1.92. The monoisotopic (exact) mass is 375 g/mol. The fourth-order valence-electron chi connectivity index (χ4n) is 3.30. The second kappa shape index (κ2) is 7.76. The summed E-state index contributed by atoms with van der Waals surface area (Å²) in [6, 6.07) is 7.29. The van der Waals surface area contributed by atoms with Crippen LogP contribution in [0.2, 0.25) is 5.02 Å². The third-order valence-corrected chi connectivity index (χ3v) is 5.19. The molecule has 1 aliphatic rings. The Kier molecular flexibility index (Phi) is 5.63. The summed E-state index contributed by atoms with van der Waals surface area (Å²) in [5, 5.41) is 8.01. The number of carbonyl (C=O) groups is 1. The van der Waals surface area contributed by atoms with Crippen molar-refractivity contribution >= 4 is 17.5 Å². The van der Waals surface area contributed by atoms with Crippen LogP contribution >= 0.6 is 11.6 Å². The highest BCUT2D eigenvalue weighted by molar-refractivity contribution is 6.30. The first kappa shape index (κ1) is 18.9.